The Labute approximate surface area is 114 Å². The Hall–Kier alpha value is -1.55. The zero-order valence-corrected chi connectivity index (χ0v) is 12.2. The molecule has 0 fully saturated rings. The van der Waals surface area contributed by atoms with Gasteiger partial charge in [0.2, 0.25) is 0 Å². The molecule has 1 unspecified atom stereocenters. The number of hydrogen-bond acceptors (Lipinski definition) is 4. The summed E-state index contributed by atoms with van der Waals surface area (Å²) < 4.78 is 15.8. The van der Waals surface area contributed by atoms with E-state index in [9.17, 15) is 4.79 Å². The van der Waals surface area contributed by atoms with E-state index < -0.39 is 11.7 Å². The van der Waals surface area contributed by atoms with Gasteiger partial charge in [-0.25, -0.2) is 4.79 Å². The zero-order chi connectivity index (χ0) is 14.5. The minimum Gasteiger partial charge on any atom is -0.497 e. The molecule has 4 heteroatoms. The molecule has 0 N–H and O–H groups in total. The maximum atomic E-state index is 11.7. The Kier molecular flexibility index (Phi) is 5.36. The average Bonchev–Trinajstić information content (AvgIpc) is 2.34. The van der Waals surface area contributed by atoms with Crippen molar-refractivity contribution in [2.45, 2.75) is 46.0 Å². The van der Waals surface area contributed by atoms with Gasteiger partial charge in [0.1, 0.15) is 11.4 Å². The molecule has 4 nitrogen and oxygen atoms in total. The van der Waals surface area contributed by atoms with Crippen LogP contribution >= 0.6 is 0 Å². The summed E-state index contributed by atoms with van der Waals surface area (Å²) in [6, 6.07) is 7.52. The lowest BCUT2D eigenvalue weighted by molar-refractivity contribution is -0.168. The first kappa shape index (κ1) is 15.5. The van der Waals surface area contributed by atoms with Gasteiger partial charge in [-0.05, 0) is 45.4 Å². The summed E-state index contributed by atoms with van der Waals surface area (Å²) in [5.41, 5.74) is 0.491. The van der Waals surface area contributed by atoms with E-state index in [0.29, 0.717) is 6.61 Å². The van der Waals surface area contributed by atoms with Crippen molar-refractivity contribution in [1.82, 2.24) is 0 Å². The van der Waals surface area contributed by atoms with Crippen LogP contribution in [0.4, 0.5) is 0 Å². The highest BCUT2D eigenvalue weighted by Crippen LogP contribution is 2.14. The standard InChI is InChI=1S/C15H22O4/c1-11(14(16)19-15(2,3)4)18-10-12-6-8-13(17-5)9-7-12/h6-9,11H,10H2,1-5H3. The summed E-state index contributed by atoms with van der Waals surface area (Å²) in [6.07, 6.45) is -0.582. The van der Waals surface area contributed by atoms with E-state index in [1.54, 1.807) is 14.0 Å². The molecule has 1 atom stereocenters. The number of benzene rings is 1. The molecule has 1 aromatic carbocycles. The van der Waals surface area contributed by atoms with E-state index >= 15 is 0 Å². The van der Waals surface area contributed by atoms with Crippen LogP contribution in [0.2, 0.25) is 0 Å². The molecule has 0 amide bonds. The Balaban J connectivity index is 2.44. The average molecular weight is 266 g/mol. The lowest BCUT2D eigenvalue weighted by Crippen LogP contribution is -2.31. The molecule has 0 aliphatic carbocycles. The number of carbonyl (C=O) groups is 1. The molecule has 1 aromatic rings. The van der Waals surface area contributed by atoms with Crippen molar-refractivity contribution < 1.29 is 19.0 Å². The molecule has 0 radical (unpaired) electrons. The number of ether oxygens (including phenoxy) is 3. The van der Waals surface area contributed by atoms with Gasteiger partial charge in [0.25, 0.3) is 0 Å². The van der Waals surface area contributed by atoms with E-state index in [1.807, 2.05) is 45.0 Å². The summed E-state index contributed by atoms with van der Waals surface area (Å²) in [5.74, 6) is 0.449. The Bertz CT molecular complexity index is 403. The van der Waals surface area contributed by atoms with Crippen molar-refractivity contribution in [3.05, 3.63) is 29.8 Å². The minimum absolute atomic E-state index is 0.346. The first-order valence-corrected chi connectivity index (χ1v) is 6.29. The van der Waals surface area contributed by atoms with Crippen molar-refractivity contribution in [2.24, 2.45) is 0 Å². The molecule has 0 saturated heterocycles. The van der Waals surface area contributed by atoms with Crippen LogP contribution in [0.15, 0.2) is 24.3 Å². The maximum absolute atomic E-state index is 11.7. The Morgan fingerprint density at radius 1 is 1.21 bits per heavy atom. The fraction of sp³-hybridized carbons (Fsp3) is 0.533. The first-order valence-electron chi connectivity index (χ1n) is 6.29. The smallest absolute Gasteiger partial charge is 0.335 e. The van der Waals surface area contributed by atoms with Crippen molar-refractivity contribution in [1.29, 1.82) is 0 Å². The van der Waals surface area contributed by atoms with Gasteiger partial charge < -0.3 is 14.2 Å². The summed E-state index contributed by atoms with van der Waals surface area (Å²) >= 11 is 0. The molecular formula is C15H22O4. The Morgan fingerprint density at radius 2 is 1.79 bits per heavy atom. The fourth-order valence-corrected chi connectivity index (χ4v) is 1.40. The van der Waals surface area contributed by atoms with E-state index in [1.165, 1.54) is 0 Å². The maximum Gasteiger partial charge on any atom is 0.335 e. The van der Waals surface area contributed by atoms with E-state index in [4.69, 9.17) is 14.2 Å². The zero-order valence-electron chi connectivity index (χ0n) is 12.2. The summed E-state index contributed by atoms with van der Waals surface area (Å²) in [4.78, 5) is 11.7. The van der Waals surface area contributed by atoms with Gasteiger partial charge >= 0.3 is 5.97 Å². The van der Waals surface area contributed by atoms with Gasteiger partial charge in [-0.1, -0.05) is 12.1 Å². The molecule has 0 aromatic heterocycles. The van der Waals surface area contributed by atoms with E-state index in [-0.39, 0.29) is 5.97 Å². The SMILES string of the molecule is COc1ccc(COC(C)C(=O)OC(C)(C)C)cc1. The highest BCUT2D eigenvalue weighted by atomic mass is 16.6. The first-order chi connectivity index (χ1) is 8.81. The van der Waals surface area contributed by atoms with Crippen LogP contribution in [-0.2, 0) is 20.9 Å². The highest BCUT2D eigenvalue weighted by molar-refractivity contribution is 5.74. The predicted octanol–water partition coefficient (Wildman–Crippen LogP) is 2.94. The van der Waals surface area contributed by atoms with Crippen molar-refractivity contribution >= 4 is 5.97 Å². The molecule has 106 valence electrons. The normalized spacial score (nSPS) is 12.9. The highest BCUT2D eigenvalue weighted by Gasteiger charge is 2.22. The van der Waals surface area contributed by atoms with Crippen molar-refractivity contribution in [3.63, 3.8) is 0 Å². The fourth-order valence-electron chi connectivity index (χ4n) is 1.40. The van der Waals surface area contributed by atoms with Gasteiger partial charge in [0, 0.05) is 0 Å². The molecule has 0 saturated carbocycles. The minimum atomic E-state index is -0.582. The lowest BCUT2D eigenvalue weighted by atomic mass is 10.2. The van der Waals surface area contributed by atoms with Crippen LogP contribution in [0, 0.1) is 0 Å². The third-order valence-electron chi connectivity index (χ3n) is 2.40. The summed E-state index contributed by atoms with van der Waals surface area (Å²) in [5, 5.41) is 0. The number of methoxy groups -OCH3 is 1. The Morgan fingerprint density at radius 3 is 2.26 bits per heavy atom. The van der Waals surface area contributed by atoms with Crippen LogP contribution in [0.1, 0.15) is 33.3 Å². The van der Waals surface area contributed by atoms with Crippen molar-refractivity contribution in [3.8, 4) is 5.75 Å². The predicted molar refractivity (Wildman–Crippen MR) is 73.1 cm³/mol. The molecular weight excluding hydrogens is 244 g/mol. The van der Waals surface area contributed by atoms with E-state index in [2.05, 4.69) is 0 Å². The second kappa shape index (κ2) is 6.57. The summed E-state index contributed by atoms with van der Waals surface area (Å²) in [6.45, 7) is 7.56. The van der Waals surface area contributed by atoms with Crippen LogP contribution in [-0.4, -0.2) is 24.8 Å². The van der Waals surface area contributed by atoms with Crippen LogP contribution in [0.25, 0.3) is 0 Å². The number of rotatable bonds is 5. The molecule has 0 bridgehead atoms. The number of hydrogen-bond donors (Lipinski definition) is 0. The summed E-state index contributed by atoms with van der Waals surface area (Å²) in [7, 11) is 1.62. The largest absolute Gasteiger partial charge is 0.497 e. The molecule has 0 spiro atoms. The quantitative estimate of drug-likeness (QED) is 0.769. The molecule has 0 heterocycles. The molecule has 0 aliphatic heterocycles. The second-order valence-electron chi connectivity index (χ2n) is 5.33. The molecule has 0 aliphatic rings. The molecule has 1 rings (SSSR count). The third-order valence-corrected chi connectivity index (χ3v) is 2.40. The van der Waals surface area contributed by atoms with Crippen LogP contribution < -0.4 is 4.74 Å². The van der Waals surface area contributed by atoms with E-state index in [0.717, 1.165) is 11.3 Å². The van der Waals surface area contributed by atoms with Crippen LogP contribution in [0.5, 0.6) is 5.75 Å². The van der Waals surface area contributed by atoms with Crippen molar-refractivity contribution in [2.75, 3.05) is 7.11 Å². The van der Waals surface area contributed by atoms with Gasteiger partial charge in [0.15, 0.2) is 6.10 Å². The molecule has 19 heavy (non-hydrogen) atoms. The van der Waals surface area contributed by atoms with Gasteiger partial charge in [-0.2, -0.15) is 0 Å². The number of carbonyl (C=O) groups excluding carboxylic acids is 1. The van der Waals surface area contributed by atoms with Gasteiger partial charge in [-0.15, -0.1) is 0 Å². The monoisotopic (exact) mass is 266 g/mol. The lowest BCUT2D eigenvalue weighted by Gasteiger charge is -2.22. The number of esters is 1. The van der Waals surface area contributed by atoms with Crippen LogP contribution in [0.3, 0.4) is 0 Å². The van der Waals surface area contributed by atoms with Gasteiger partial charge in [-0.3, -0.25) is 0 Å². The van der Waals surface area contributed by atoms with Gasteiger partial charge in [0.05, 0.1) is 13.7 Å². The second-order valence-corrected chi connectivity index (χ2v) is 5.33. The third kappa shape index (κ3) is 5.75. The topological polar surface area (TPSA) is 44.8 Å².